The maximum atomic E-state index is 5.56. The van der Waals surface area contributed by atoms with Crippen LogP contribution in [0.3, 0.4) is 0 Å². The van der Waals surface area contributed by atoms with Gasteiger partial charge in [0.05, 0.1) is 0 Å². The van der Waals surface area contributed by atoms with Gasteiger partial charge in [0.25, 0.3) is 0 Å². The minimum Gasteiger partial charge on any atom is -0.441 e. The molecule has 0 fully saturated rings. The molecule has 0 spiro atoms. The summed E-state index contributed by atoms with van der Waals surface area (Å²) in [6.45, 7) is 5.53. The second-order valence-corrected chi connectivity index (χ2v) is 4.14. The number of rotatable bonds is 4. The maximum absolute atomic E-state index is 5.56. The first-order valence-electron chi connectivity index (χ1n) is 5.50. The Morgan fingerprint density at radius 2 is 2.31 bits per heavy atom. The van der Waals surface area contributed by atoms with Crippen molar-refractivity contribution >= 4 is 16.8 Å². The molecule has 1 unspecified atom stereocenters. The Morgan fingerprint density at radius 1 is 1.50 bits per heavy atom. The minimum atomic E-state index is 0.467. The molecule has 0 aliphatic carbocycles. The molecule has 3 N–H and O–H groups in total. The van der Waals surface area contributed by atoms with Gasteiger partial charge in [-0.2, -0.15) is 0 Å². The number of anilines is 1. The van der Waals surface area contributed by atoms with E-state index in [2.05, 4.69) is 17.2 Å². The van der Waals surface area contributed by atoms with Gasteiger partial charge in [0.1, 0.15) is 5.52 Å². The Labute approximate surface area is 94.8 Å². The first-order valence-corrected chi connectivity index (χ1v) is 5.50. The number of hydrogen-bond acceptors (Lipinski definition) is 4. The zero-order valence-corrected chi connectivity index (χ0v) is 9.66. The van der Waals surface area contributed by atoms with Crippen LogP contribution in [0.15, 0.2) is 22.6 Å². The summed E-state index contributed by atoms with van der Waals surface area (Å²) in [5.41, 5.74) is 8.34. The molecule has 1 aromatic carbocycles. The van der Waals surface area contributed by atoms with Gasteiger partial charge in [0, 0.05) is 19.2 Å². The Hall–Kier alpha value is -1.55. The molecule has 2 aromatic rings. The molecule has 2 rings (SSSR count). The van der Waals surface area contributed by atoms with E-state index in [0.717, 1.165) is 23.3 Å². The van der Waals surface area contributed by atoms with Gasteiger partial charge in [-0.1, -0.05) is 6.92 Å². The van der Waals surface area contributed by atoms with Crippen molar-refractivity contribution in [1.29, 1.82) is 0 Å². The van der Waals surface area contributed by atoms with Crippen LogP contribution < -0.4 is 11.1 Å². The first-order chi connectivity index (χ1) is 7.69. The quantitative estimate of drug-likeness (QED) is 0.827. The molecule has 0 saturated carbocycles. The molecule has 4 heteroatoms. The normalized spacial score (nSPS) is 12.9. The monoisotopic (exact) mass is 219 g/mol. The fourth-order valence-corrected chi connectivity index (χ4v) is 1.53. The van der Waals surface area contributed by atoms with E-state index in [0.29, 0.717) is 18.4 Å². The molecule has 0 amide bonds. The van der Waals surface area contributed by atoms with Crippen LogP contribution >= 0.6 is 0 Å². The number of hydrogen-bond donors (Lipinski definition) is 2. The molecule has 0 aliphatic rings. The first kappa shape index (κ1) is 11.0. The summed E-state index contributed by atoms with van der Waals surface area (Å²) < 4.78 is 5.41. The highest BCUT2D eigenvalue weighted by Crippen LogP contribution is 2.19. The van der Waals surface area contributed by atoms with Gasteiger partial charge in [-0.15, -0.1) is 0 Å². The molecule has 1 aromatic heterocycles. The molecular formula is C12H17N3O. The molecule has 1 atom stereocenters. The Bertz CT molecular complexity index is 478. The van der Waals surface area contributed by atoms with Gasteiger partial charge in [0.2, 0.25) is 0 Å². The van der Waals surface area contributed by atoms with Crippen LogP contribution in [0.2, 0.25) is 0 Å². The summed E-state index contributed by atoms with van der Waals surface area (Å²) in [6, 6.07) is 5.93. The van der Waals surface area contributed by atoms with Crippen LogP contribution in [0.4, 0.5) is 5.69 Å². The standard InChI is InChI=1S/C12H17N3O/c1-8(6-13)7-14-10-3-4-12-11(5-10)15-9(2)16-12/h3-5,8,14H,6-7,13H2,1-2H3. The fraction of sp³-hybridized carbons (Fsp3) is 0.417. The van der Waals surface area contributed by atoms with Gasteiger partial charge < -0.3 is 15.5 Å². The highest BCUT2D eigenvalue weighted by atomic mass is 16.3. The lowest BCUT2D eigenvalue weighted by Crippen LogP contribution is -2.19. The molecule has 86 valence electrons. The van der Waals surface area contributed by atoms with Crippen molar-refractivity contribution in [3.8, 4) is 0 Å². The number of aromatic nitrogens is 1. The fourth-order valence-electron chi connectivity index (χ4n) is 1.53. The summed E-state index contributed by atoms with van der Waals surface area (Å²) in [4.78, 5) is 4.29. The zero-order valence-electron chi connectivity index (χ0n) is 9.66. The topological polar surface area (TPSA) is 64.1 Å². The molecule has 0 bridgehead atoms. The molecule has 4 nitrogen and oxygen atoms in total. The average molecular weight is 219 g/mol. The van der Waals surface area contributed by atoms with E-state index >= 15 is 0 Å². The van der Waals surface area contributed by atoms with Crippen LogP contribution in [0, 0.1) is 12.8 Å². The van der Waals surface area contributed by atoms with E-state index in [1.54, 1.807) is 0 Å². The predicted molar refractivity (Wildman–Crippen MR) is 65.5 cm³/mol. The van der Waals surface area contributed by atoms with Crippen LogP contribution in [0.25, 0.3) is 11.1 Å². The number of fused-ring (bicyclic) bond motifs is 1. The highest BCUT2D eigenvalue weighted by molar-refractivity contribution is 5.77. The van der Waals surface area contributed by atoms with Crippen LogP contribution in [-0.2, 0) is 0 Å². The number of oxazole rings is 1. The van der Waals surface area contributed by atoms with Gasteiger partial charge in [-0.05, 0) is 30.7 Å². The molecule has 0 aliphatic heterocycles. The van der Waals surface area contributed by atoms with Gasteiger partial charge in [-0.3, -0.25) is 0 Å². The third-order valence-corrected chi connectivity index (χ3v) is 2.55. The zero-order chi connectivity index (χ0) is 11.5. The summed E-state index contributed by atoms with van der Waals surface area (Å²) in [7, 11) is 0. The Balaban J connectivity index is 2.13. The van der Waals surface area contributed by atoms with E-state index in [9.17, 15) is 0 Å². The second kappa shape index (κ2) is 4.53. The average Bonchev–Trinajstić information content (AvgIpc) is 2.65. The third-order valence-electron chi connectivity index (χ3n) is 2.55. The lowest BCUT2D eigenvalue weighted by Gasteiger charge is -2.10. The number of nitrogens with two attached hydrogens (primary N) is 1. The van der Waals surface area contributed by atoms with Gasteiger partial charge >= 0.3 is 0 Å². The maximum Gasteiger partial charge on any atom is 0.192 e. The van der Waals surface area contributed by atoms with E-state index in [-0.39, 0.29) is 0 Å². The Kier molecular flexibility index (Phi) is 3.10. The lowest BCUT2D eigenvalue weighted by molar-refractivity contribution is 0.561. The Morgan fingerprint density at radius 3 is 3.06 bits per heavy atom. The van der Waals surface area contributed by atoms with Crippen LogP contribution in [0.5, 0.6) is 0 Å². The number of benzene rings is 1. The summed E-state index contributed by atoms with van der Waals surface area (Å²) in [5, 5.41) is 3.34. The van der Waals surface area contributed by atoms with Gasteiger partial charge in [0.15, 0.2) is 11.5 Å². The number of nitrogens with one attached hydrogen (secondary N) is 1. The smallest absolute Gasteiger partial charge is 0.192 e. The third kappa shape index (κ3) is 2.33. The highest BCUT2D eigenvalue weighted by Gasteiger charge is 2.04. The van der Waals surface area contributed by atoms with Crippen LogP contribution in [-0.4, -0.2) is 18.1 Å². The molecule has 1 heterocycles. The van der Waals surface area contributed by atoms with Crippen molar-refractivity contribution in [2.45, 2.75) is 13.8 Å². The van der Waals surface area contributed by atoms with E-state index in [1.807, 2.05) is 25.1 Å². The summed E-state index contributed by atoms with van der Waals surface area (Å²) in [6.07, 6.45) is 0. The molecular weight excluding hydrogens is 202 g/mol. The largest absolute Gasteiger partial charge is 0.441 e. The van der Waals surface area contributed by atoms with Crippen molar-refractivity contribution in [2.75, 3.05) is 18.4 Å². The molecule has 0 radical (unpaired) electrons. The predicted octanol–water partition coefficient (Wildman–Crippen LogP) is 2.14. The van der Waals surface area contributed by atoms with Crippen molar-refractivity contribution in [2.24, 2.45) is 11.7 Å². The van der Waals surface area contributed by atoms with Gasteiger partial charge in [-0.25, -0.2) is 4.98 Å². The van der Waals surface area contributed by atoms with Crippen molar-refractivity contribution in [3.63, 3.8) is 0 Å². The van der Waals surface area contributed by atoms with Crippen molar-refractivity contribution in [1.82, 2.24) is 4.98 Å². The molecule has 0 saturated heterocycles. The number of nitrogens with zero attached hydrogens (tertiary/aromatic N) is 1. The van der Waals surface area contributed by atoms with E-state index in [4.69, 9.17) is 10.2 Å². The number of aryl methyl sites for hydroxylation is 1. The van der Waals surface area contributed by atoms with Crippen molar-refractivity contribution in [3.05, 3.63) is 24.1 Å². The van der Waals surface area contributed by atoms with Crippen molar-refractivity contribution < 1.29 is 4.42 Å². The van der Waals surface area contributed by atoms with E-state index in [1.165, 1.54) is 0 Å². The van der Waals surface area contributed by atoms with Crippen LogP contribution in [0.1, 0.15) is 12.8 Å². The summed E-state index contributed by atoms with van der Waals surface area (Å²) in [5.74, 6) is 1.16. The second-order valence-electron chi connectivity index (χ2n) is 4.14. The SMILES string of the molecule is Cc1nc2cc(NCC(C)CN)ccc2o1. The summed E-state index contributed by atoms with van der Waals surface area (Å²) >= 11 is 0. The van der Waals surface area contributed by atoms with E-state index < -0.39 is 0 Å². The molecule has 16 heavy (non-hydrogen) atoms. The minimum absolute atomic E-state index is 0.467. The lowest BCUT2D eigenvalue weighted by atomic mass is 10.2.